The van der Waals surface area contributed by atoms with Gasteiger partial charge >= 0.3 is 0 Å². The molecule has 0 spiro atoms. The van der Waals surface area contributed by atoms with Crippen molar-refractivity contribution < 1.29 is 12.8 Å². The van der Waals surface area contributed by atoms with Gasteiger partial charge in [0.2, 0.25) is 10.0 Å². The minimum absolute atomic E-state index is 0.0352. The van der Waals surface area contributed by atoms with E-state index in [1.807, 2.05) is 25.1 Å². The molecule has 1 N–H and O–H groups in total. The van der Waals surface area contributed by atoms with Crippen molar-refractivity contribution in [1.29, 1.82) is 0 Å². The third-order valence-corrected chi connectivity index (χ3v) is 3.69. The Kier molecular flexibility index (Phi) is 3.78. The number of rotatable bonds is 5. The first-order chi connectivity index (χ1) is 8.55. The third-order valence-electron chi connectivity index (χ3n) is 2.40. The number of nitrogens with one attached hydrogen (secondary N) is 1. The molecule has 1 aromatic heterocycles. The Labute approximate surface area is 106 Å². The minimum atomic E-state index is -3.36. The van der Waals surface area contributed by atoms with Gasteiger partial charge in [-0.25, -0.2) is 18.1 Å². The second kappa shape index (κ2) is 5.32. The van der Waals surface area contributed by atoms with Crippen molar-refractivity contribution in [3.05, 3.63) is 53.7 Å². The molecule has 0 saturated carbocycles. The summed E-state index contributed by atoms with van der Waals surface area (Å²) in [5.74, 6) is -0.0352. The van der Waals surface area contributed by atoms with Crippen LogP contribution in [-0.2, 0) is 22.3 Å². The molecule has 0 aliphatic heterocycles. The number of aryl methyl sites for hydroxylation is 1. The van der Waals surface area contributed by atoms with Gasteiger partial charge in [-0.15, -0.1) is 0 Å². The molecule has 6 heteroatoms. The molecule has 0 aliphatic carbocycles. The average molecular weight is 266 g/mol. The van der Waals surface area contributed by atoms with Crippen LogP contribution in [-0.4, -0.2) is 13.4 Å². The van der Waals surface area contributed by atoms with Gasteiger partial charge in [-0.05, 0) is 12.5 Å². The summed E-state index contributed by atoms with van der Waals surface area (Å²) in [6.07, 6.45) is 2.68. The molecule has 0 amide bonds. The number of hydrogen-bond donors (Lipinski definition) is 1. The van der Waals surface area contributed by atoms with E-state index >= 15 is 0 Å². The van der Waals surface area contributed by atoms with Gasteiger partial charge in [-0.1, -0.05) is 29.8 Å². The van der Waals surface area contributed by atoms with Crippen molar-refractivity contribution in [3.8, 4) is 0 Å². The van der Waals surface area contributed by atoms with Crippen LogP contribution < -0.4 is 4.72 Å². The molecule has 0 unspecified atom stereocenters. The SMILES string of the molecule is Cc1cccc(CS(=O)(=O)NCc2cocn2)c1. The van der Waals surface area contributed by atoms with Crippen molar-refractivity contribution in [3.63, 3.8) is 0 Å². The summed E-state index contributed by atoms with van der Waals surface area (Å²) in [7, 11) is -3.36. The zero-order chi connectivity index (χ0) is 13.0. The van der Waals surface area contributed by atoms with Crippen LogP contribution in [0.2, 0.25) is 0 Å². The van der Waals surface area contributed by atoms with E-state index in [0.29, 0.717) is 5.69 Å². The second-order valence-electron chi connectivity index (χ2n) is 4.05. The van der Waals surface area contributed by atoms with Crippen LogP contribution in [0.3, 0.4) is 0 Å². The molecule has 0 atom stereocenters. The maximum atomic E-state index is 11.8. The number of oxazole rings is 1. The standard InChI is InChI=1S/C12H14N2O3S/c1-10-3-2-4-11(5-10)8-18(15,16)14-6-12-7-17-9-13-12/h2-5,7,9,14H,6,8H2,1H3. The first-order valence-electron chi connectivity index (χ1n) is 5.45. The Morgan fingerprint density at radius 3 is 2.89 bits per heavy atom. The van der Waals surface area contributed by atoms with Gasteiger partial charge in [-0.3, -0.25) is 0 Å². The number of sulfonamides is 1. The van der Waals surface area contributed by atoms with Gasteiger partial charge in [0.05, 0.1) is 18.0 Å². The largest absolute Gasteiger partial charge is 0.451 e. The van der Waals surface area contributed by atoms with Crippen LogP contribution in [0.1, 0.15) is 16.8 Å². The van der Waals surface area contributed by atoms with Gasteiger partial charge < -0.3 is 4.42 Å². The molecule has 0 radical (unpaired) electrons. The van der Waals surface area contributed by atoms with Crippen LogP contribution in [0.5, 0.6) is 0 Å². The zero-order valence-corrected chi connectivity index (χ0v) is 10.8. The smallest absolute Gasteiger partial charge is 0.216 e. The predicted octanol–water partition coefficient (Wildman–Crippen LogP) is 1.60. The highest BCUT2D eigenvalue weighted by atomic mass is 32.2. The van der Waals surface area contributed by atoms with E-state index in [2.05, 4.69) is 9.71 Å². The topological polar surface area (TPSA) is 72.2 Å². The average Bonchev–Trinajstić information content (AvgIpc) is 2.78. The fourth-order valence-electron chi connectivity index (χ4n) is 1.58. The predicted molar refractivity (Wildman–Crippen MR) is 67.1 cm³/mol. The summed E-state index contributed by atoms with van der Waals surface area (Å²) in [4.78, 5) is 3.85. The van der Waals surface area contributed by atoms with E-state index < -0.39 is 10.0 Å². The fourth-order valence-corrected chi connectivity index (χ4v) is 2.67. The highest BCUT2D eigenvalue weighted by Crippen LogP contribution is 2.08. The van der Waals surface area contributed by atoms with Gasteiger partial charge in [0.1, 0.15) is 6.26 Å². The third kappa shape index (κ3) is 3.68. The van der Waals surface area contributed by atoms with Crippen LogP contribution in [0.25, 0.3) is 0 Å². The van der Waals surface area contributed by atoms with E-state index in [9.17, 15) is 8.42 Å². The van der Waals surface area contributed by atoms with Gasteiger partial charge in [-0.2, -0.15) is 0 Å². The first-order valence-corrected chi connectivity index (χ1v) is 7.10. The van der Waals surface area contributed by atoms with Gasteiger partial charge in [0.15, 0.2) is 6.39 Å². The summed E-state index contributed by atoms with van der Waals surface area (Å²) in [6.45, 7) is 2.07. The zero-order valence-electron chi connectivity index (χ0n) is 9.96. The minimum Gasteiger partial charge on any atom is -0.451 e. The Bertz CT molecular complexity index is 606. The normalized spacial score (nSPS) is 11.6. The molecule has 18 heavy (non-hydrogen) atoms. The molecule has 0 saturated heterocycles. The Balaban J connectivity index is 1.99. The number of aromatic nitrogens is 1. The molecule has 2 aromatic rings. The van der Waals surface area contributed by atoms with Gasteiger partial charge in [0.25, 0.3) is 0 Å². The summed E-state index contributed by atoms with van der Waals surface area (Å²) >= 11 is 0. The second-order valence-corrected chi connectivity index (χ2v) is 5.86. The fraction of sp³-hybridized carbons (Fsp3) is 0.250. The maximum absolute atomic E-state index is 11.8. The molecule has 96 valence electrons. The van der Waals surface area contributed by atoms with E-state index in [1.165, 1.54) is 12.7 Å². The van der Waals surface area contributed by atoms with Crippen molar-refractivity contribution >= 4 is 10.0 Å². The van der Waals surface area contributed by atoms with Crippen molar-refractivity contribution in [1.82, 2.24) is 9.71 Å². The van der Waals surface area contributed by atoms with Crippen molar-refractivity contribution in [2.45, 2.75) is 19.2 Å². The summed E-state index contributed by atoms with van der Waals surface area (Å²) < 4.78 is 30.9. The molecule has 2 rings (SSSR count). The summed E-state index contributed by atoms with van der Waals surface area (Å²) in [5, 5.41) is 0. The van der Waals surface area contributed by atoms with Crippen LogP contribution in [0, 0.1) is 6.92 Å². The molecule has 1 heterocycles. The van der Waals surface area contributed by atoms with Crippen LogP contribution >= 0.6 is 0 Å². The number of nitrogens with zero attached hydrogens (tertiary/aromatic N) is 1. The molecular formula is C12H14N2O3S. The van der Waals surface area contributed by atoms with E-state index in [1.54, 1.807) is 6.07 Å². The van der Waals surface area contributed by atoms with E-state index in [4.69, 9.17) is 4.42 Å². The number of hydrogen-bond acceptors (Lipinski definition) is 4. The van der Waals surface area contributed by atoms with Gasteiger partial charge in [0, 0.05) is 0 Å². The molecule has 5 nitrogen and oxygen atoms in total. The number of benzene rings is 1. The maximum Gasteiger partial charge on any atom is 0.216 e. The highest BCUT2D eigenvalue weighted by Gasteiger charge is 2.12. The molecule has 0 bridgehead atoms. The Morgan fingerprint density at radius 2 is 2.22 bits per heavy atom. The van der Waals surface area contributed by atoms with E-state index in [-0.39, 0.29) is 12.3 Å². The lowest BCUT2D eigenvalue weighted by molar-refractivity contribution is 0.555. The van der Waals surface area contributed by atoms with Crippen molar-refractivity contribution in [2.24, 2.45) is 0 Å². The lowest BCUT2D eigenvalue weighted by atomic mass is 10.2. The molecule has 1 aromatic carbocycles. The first kappa shape index (κ1) is 12.8. The quantitative estimate of drug-likeness (QED) is 0.892. The van der Waals surface area contributed by atoms with E-state index in [0.717, 1.165) is 11.1 Å². The highest BCUT2D eigenvalue weighted by molar-refractivity contribution is 7.88. The van der Waals surface area contributed by atoms with Crippen LogP contribution in [0.15, 0.2) is 41.3 Å². The molecule has 0 fully saturated rings. The lowest BCUT2D eigenvalue weighted by Gasteiger charge is -2.05. The summed E-state index contributed by atoms with van der Waals surface area (Å²) in [5.41, 5.74) is 2.37. The Morgan fingerprint density at radius 1 is 1.39 bits per heavy atom. The molecule has 0 aliphatic rings. The van der Waals surface area contributed by atoms with Crippen molar-refractivity contribution in [2.75, 3.05) is 0 Å². The molecular weight excluding hydrogens is 252 g/mol. The summed E-state index contributed by atoms with van der Waals surface area (Å²) in [6, 6.07) is 7.43. The van der Waals surface area contributed by atoms with Crippen LogP contribution in [0.4, 0.5) is 0 Å². The lowest BCUT2D eigenvalue weighted by Crippen LogP contribution is -2.24. The monoisotopic (exact) mass is 266 g/mol. The Hall–Kier alpha value is -1.66.